The molecule has 1 aromatic heterocycles. The van der Waals surface area contributed by atoms with Gasteiger partial charge in [-0.3, -0.25) is 0 Å². The number of aldehydes is 1. The van der Waals surface area contributed by atoms with Gasteiger partial charge in [0.15, 0.2) is 11.0 Å². The first-order valence-corrected chi connectivity index (χ1v) is 4.34. The van der Waals surface area contributed by atoms with Gasteiger partial charge in [-0.15, -0.1) is 0 Å². The van der Waals surface area contributed by atoms with Crippen LogP contribution < -0.4 is 0 Å². The van der Waals surface area contributed by atoms with E-state index in [1.807, 2.05) is 0 Å². The van der Waals surface area contributed by atoms with Crippen molar-refractivity contribution >= 4 is 29.5 Å². The van der Waals surface area contributed by atoms with Crippen molar-refractivity contribution in [1.29, 1.82) is 0 Å². The predicted molar refractivity (Wildman–Crippen MR) is 48.6 cm³/mol. The zero-order chi connectivity index (χ0) is 9.84. The van der Waals surface area contributed by atoms with Crippen LogP contribution in [0.5, 0.6) is 0 Å². The number of hydrogen-bond acceptors (Lipinski definition) is 2. The number of hydrogen-bond donors (Lipinski definition) is 0. The molecule has 70 valence electrons. The van der Waals surface area contributed by atoms with Gasteiger partial charge in [0.25, 0.3) is 0 Å². The molecule has 5 heteroatoms. The first-order valence-electron chi connectivity index (χ1n) is 3.59. The maximum Gasteiger partial charge on any atom is 0.166 e. The summed E-state index contributed by atoms with van der Waals surface area (Å²) < 4.78 is 12.8. The molecular formula is C8H6Cl2FNO. The van der Waals surface area contributed by atoms with Crippen LogP contribution in [0, 0.1) is 5.82 Å². The van der Waals surface area contributed by atoms with Crippen molar-refractivity contribution in [3.8, 4) is 0 Å². The van der Waals surface area contributed by atoms with E-state index in [0.29, 0.717) is 18.4 Å². The fourth-order valence-corrected chi connectivity index (χ4v) is 1.29. The van der Waals surface area contributed by atoms with Gasteiger partial charge in [-0.2, -0.15) is 0 Å². The van der Waals surface area contributed by atoms with Crippen molar-refractivity contribution in [2.24, 2.45) is 0 Å². The van der Waals surface area contributed by atoms with Gasteiger partial charge in [0.2, 0.25) is 0 Å². The van der Waals surface area contributed by atoms with Gasteiger partial charge in [-0.1, -0.05) is 23.2 Å². The Hall–Kier alpha value is -0.670. The van der Waals surface area contributed by atoms with Crippen molar-refractivity contribution < 1.29 is 9.18 Å². The highest BCUT2D eigenvalue weighted by atomic mass is 35.5. The maximum absolute atomic E-state index is 12.8. The maximum atomic E-state index is 12.8. The van der Waals surface area contributed by atoms with E-state index in [9.17, 15) is 9.18 Å². The van der Waals surface area contributed by atoms with E-state index in [-0.39, 0.29) is 10.3 Å². The first kappa shape index (κ1) is 10.4. The van der Waals surface area contributed by atoms with Gasteiger partial charge >= 0.3 is 0 Å². The molecule has 1 aromatic rings. The van der Waals surface area contributed by atoms with Crippen LogP contribution in [0.4, 0.5) is 4.39 Å². The lowest BCUT2D eigenvalue weighted by Gasteiger charge is -2.01. The predicted octanol–water partition coefficient (Wildman–Crippen LogP) is 2.66. The van der Waals surface area contributed by atoms with Gasteiger partial charge in [-0.25, -0.2) is 9.37 Å². The van der Waals surface area contributed by atoms with E-state index >= 15 is 0 Å². The van der Waals surface area contributed by atoms with Crippen LogP contribution in [0.3, 0.4) is 0 Å². The second kappa shape index (κ2) is 4.53. The van der Waals surface area contributed by atoms with E-state index in [4.69, 9.17) is 23.2 Å². The third-order valence-corrected chi connectivity index (χ3v) is 2.08. The highest BCUT2D eigenvalue weighted by molar-refractivity contribution is 6.32. The number of aromatic nitrogens is 1. The Kier molecular flexibility index (Phi) is 3.63. The van der Waals surface area contributed by atoms with Crippen molar-refractivity contribution in [2.75, 3.05) is 0 Å². The quantitative estimate of drug-likeness (QED) is 0.581. The number of nitrogens with zero attached hydrogens (tertiary/aromatic N) is 1. The number of aryl methyl sites for hydroxylation is 1. The standard InChI is InChI=1S/C8H6Cl2FNO/c9-7-5(2-1-3-13)4-6(11)8(10)12-7/h3-4H,1-2H2. The summed E-state index contributed by atoms with van der Waals surface area (Å²) >= 11 is 11.0. The summed E-state index contributed by atoms with van der Waals surface area (Å²) in [6.45, 7) is 0. The molecule has 2 nitrogen and oxygen atoms in total. The molecule has 0 amide bonds. The summed E-state index contributed by atoms with van der Waals surface area (Å²) in [5, 5.41) is -0.104. The average molecular weight is 222 g/mol. The van der Waals surface area contributed by atoms with Crippen LogP contribution in [0.25, 0.3) is 0 Å². The normalized spacial score (nSPS) is 10.1. The Labute approximate surface area is 84.7 Å². The smallest absolute Gasteiger partial charge is 0.166 e. The minimum atomic E-state index is -0.619. The molecule has 0 aliphatic heterocycles. The monoisotopic (exact) mass is 221 g/mol. The van der Waals surface area contributed by atoms with Crippen LogP contribution in [0.1, 0.15) is 12.0 Å². The summed E-state index contributed by atoms with van der Waals surface area (Å²) in [5.74, 6) is -0.619. The molecule has 0 unspecified atom stereocenters. The Morgan fingerprint density at radius 3 is 2.77 bits per heavy atom. The van der Waals surface area contributed by atoms with Gasteiger partial charge in [0.05, 0.1) is 0 Å². The van der Waals surface area contributed by atoms with Crippen LogP contribution in [-0.2, 0) is 11.2 Å². The summed E-state index contributed by atoms with van der Waals surface area (Å²) in [6.07, 6.45) is 1.41. The SMILES string of the molecule is O=CCCc1cc(F)c(Cl)nc1Cl. The number of halogens is 3. The lowest BCUT2D eigenvalue weighted by atomic mass is 10.2. The second-order valence-corrected chi connectivity index (χ2v) is 3.13. The lowest BCUT2D eigenvalue weighted by molar-refractivity contribution is -0.107. The van der Waals surface area contributed by atoms with Crippen molar-refractivity contribution in [3.05, 3.63) is 27.8 Å². The molecule has 0 spiro atoms. The van der Waals surface area contributed by atoms with Crippen molar-refractivity contribution in [3.63, 3.8) is 0 Å². The fourth-order valence-electron chi connectivity index (χ4n) is 0.873. The molecule has 0 N–H and O–H groups in total. The molecule has 0 saturated carbocycles. The molecule has 0 radical (unpaired) electrons. The third kappa shape index (κ3) is 2.64. The minimum Gasteiger partial charge on any atom is -0.303 e. The molecule has 0 aromatic carbocycles. The number of pyridine rings is 1. The van der Waals surface area contributed by atoms with Crippen molar-refractivity contribution in [1.82, 2.24) is 4.98 Å². The Balaban J connectivity index is 2.94. The van der Waals surface area contributed by atoms with Gasteiger partial charge in [-0.05, 0) is 18.1 Å². The zero-order valence-corrected chi connectivity index (χ0v) is 8.07. The largest absolute Gasteiger partial charge is 0.303 e. The Morgan fingerprint density at radius 1 is 1.46 bits per heavy atom. The molecule has 0 bridgehead atoms. The molecular weight excluding hydrogens is 216 g/mol. The Morgan fingerprint density at radius 2 is 2.15 bits per heavy atom. The molecule has 0 atom stereocenters. The average Bonchev–Trinajstić information content (AvgIpc) is 2.09. The highest BCUT2D eigenvalue weighted by Crippen LogP contribution is 2.20. The van der Waals surface area contributed by atoms with Crippen LogP contribution in [-0.4, -0.2) is 11.3 Å². The minimum absolute atomic E-state index is 0.147. The van der Waals surface area contributed by atoms with E-state index in [0.717, 1.165) is 6.29 Å². The van der Waals surface area contributed by atoms with E-state index in [1.165, 1.54) is 6.07 Å². The van der Waals surface area contributed by atoms with Gasteiger partial charge in [0.1, 0.15) is 11.4 Å². The second-order valence-electron chi connectivity index (χ2n) is 2.42. The van der Waals surface area contributed by atoms with Gasteiger partial charge in [0, 0.05) is 6.42 Å². The number of carbonyl (C=O) groups is 1. The van der Waals surface area contributed by atoms with Crippen LogP contribution in [0.15, 0.2) is 6.07 Å². The van der Waals surface area contributed by atoms with Gasteiger partial charge < -0.3 is 4.79 Å². The number of rotatable bonds is 3. The summed E-state index contributed by atoms with van der Waals surface area (Å²) in [7, 11) is 0. The third-order valence-electron chi connectivity index (χ3n) is 1.49. The van der Waals surface area contributed by atoms with Crippen molar-refractivity contribution in [2.45, 2.75) is 12.8 Å². The van der Waals surface area contributed by atoms with Crippen LogP contribution in [0.2, 0.25) is 10.3 Å². The summed E-state index contributed by atoms with van der Waals surface area (Å²) in [5.41, 5.74) is 0.496. The lowest BCUT2D eigenvalue weighted by Crippen LogP contribution is -1.93. The topological polar surface area (TPSA) is 30.0 Å². The number of carbonyl (C=O) groups excluding carboxylic acids is 1. The summed E-state index contributed by atoms with van der Waals surface area (Å²) in [4.78, 5) is 13.6. The van der Waals surface area contributed by atoms with Crippen LogP contribution >= 0.6 is 23.2 Å². The molecule has 1 heterocycles. The first-order chi connectivity index (χ1) is 6.15. The molecule has 0 aliphatic rings. The zero-order valence-electron chi connectivity index (χ0n) is 6.56. The molecule has 0 aliphatic carbocycles. The molecule has 0 saturated heterocycles. The highest BCUT2D eigenvalue weighted by Gasteiger charge is 2.07. The van der Waals surface area contributed by atoms with E-state index in [2.05, 4.69) is 4.98 Å². The molecule has 0 fully saturated rings. The molecule has 1 rings (SSSR count). The molecule has 13 heavy (non-hydrogen) atoms. The summed E-state index contributed by atoms with van der Waals surface area (Å²) in [6, 6.07) is 1.20. The van der Waals surface area contributed by atoms with E-state index in [1.54, 1.807) is 0 Å². The van der Waals surface area contributed by atoms with E-state index < -0.39 is 5.82 Å². The fraction of sp³-hybridized carbons (Fsp3) is 0.250. The Bertz CT molecular complexity index is 330.